The number of nitrogens with zero attached hydrogens (tertiary/aromatic N) is 3. The highest BCUT2D eigenvalue weighted by Gasteiger charge is 2.27. The van der Waals surface area contributed by atoms with Crippen molar-refractivity contribution < 1.29 is 4.79 Å². The number of nitriles is 1. The van der Waals surface area contributed by atoms with Crippen LogP contribution in [0.15, 0.2) is 16.9 Å². The molecule has 2 rings (SSSR count). The number of carbonyl (C=O) groups excluding carboxylic acids is 1. The van der Waals surface area contributed by atoms with Gasteiger partial charge in [-0.15, -0.1) is 0 Å². The van der Waals surface area contributed by atoms with Crippen LogP contribution in [0.25, 0.3) is 10.9 Å². The van der Waals surface area contributed by atoms with Crippen LogP contribution in [0.5, 0.6) is 0 Å². The zero-order valence-electron chi connectivity index (χ0n) is 12.8. The molecule has 2 aromatic rings. The molecule has 0 aliphatic heterocycles. The zero-order valence-corrected chi connectivity index (χ0v) is 12.8. The van der Waals surface area contributed by atoms with Crippen molar-refractivity contribution in [2.75, 3.05) is 0 Å². The first-order chi connectivity index (χ1) is 9.69. The molecule has 108 valence electrons. The average molecular weight is 283 g/mol. The lowest BCUT2D eigenvalue weighted by molar-refractivity contribution is 0.101. The van der Waals surface area contributed by atoms with Crippen molar-refractivity contribution in [1.82, 2.24) is 9.55 Å². The first-order valence-electron chi connectivity index (χ1n) is 6.63. The molecule has 0 aliphatic rings. The van der Waals surface area contributed by atoms with Gasteiger partial charge in [-0.2, -0.15) is 5.26 Å². The van der Waals surface area contributed by atoms with Crippen LogP contribution in [0.4, 0.5) is 0 Å². The maximum Gasteiger partial charge on any atom is 0.261 e. The van der Waals surface area contributed by atoms with Gasteiger partial charge in [-0.1, -0.05) is 0 Å². The van der Waals surface area contributed by atoms with Crippen LogP contribution in [0.1, 0.15) is 42.5 Å². The fourth-order valence-corrected chi connectivity index (χ4v) is 2.40. The third-order valence-electron chi connectivity index (χ3n) is 3.54. The van der Waals surface area contributed by atoms with E-state index in [1.165, 1.54) is 11.5 Å². The molecule has 1 aromatic heterocycles. The van der Waals surface area contributed by atoms with Gasteiger partial charge in [-0.05, 0) is 45.4 Å². The molecule has 0 aliphatic carbocycles. The van der Waals surface area contributed by atoms with Crippen LogP contribution in [0, 0.1) is 18.3 Å². The second kappa shape index (κ2) is 4.81. The molecule has 1 aromatic carbocycles. The highest BCUT2D eigenvalue weighted by Crippen LogP contribution is 2.23. The molecule has 0 radical (unpaired) electrons. The number of hydrogen-bond donors (Lipinski definition) is 0. The predicted molar refractivity (Wildman–Crippen MR) is 80.4 cm³/mol. The molecule has 0 spiro atoms. The molecule has 0 unspecified atom stereocenters. The van der Waals surface area contributed by atoms with Crippen LogP contribution < -0.4 is 5.56 Å². The smallest absolute Gasteiger partial charge is 0.261 e. The quantitative estimate of drug-likeness (QED) is 0.792. The van der Waals surface area contributed by atoms with Crippen LogP contribution in [0.2, 0.25) is 0 Å². The summed E-state index contributed by atoms with van der Waals surface area (Å²) in [5.41, 5.74) is 0.455. The standard InChI is InChI=1S/C16H17N3O2/c1-9-6-11(10(2)20)13-12(7-9)14(21)19(5)15(18-13)16(3,4)8-17/h6-7H,1-5H3. The number of benzene rings is 1. The third kappa shape index (κ3) is 2.33. The van der Waals surface area contributed by atoms with Crippen molar-refractivity contribution in [1.29, 1.82) is 5.26 Å². The number of hydrogen-bond acceptors (Lipinski definition) is 4. The minimum absolute atomic E-state index is 0.148. The van der Waals surface area contributed by atoms with Gasteiger partial charge in [-0.3, -0.25) is 14.2 Å². The van der Waals surface area contributed by atoms with Gasteiger partial charge in [0.2, 0.25) is 0 Å². The second-order valence-corrected chi connectivity index (χ2v) is 5.80. The van der Waals surface area contributed by atoms with Gasteiger partial charge in [0.1, 0.15) is 11.2 Å². The topological polar surface area (TPSA) is 75.8 Å². The lowest BCUT2D eigenvalue weighted by Crippen LogP contribution is -2.31. The lowest BCUT2D eigenvalue weighted by atomic mass is 9.93. The van der Waals surface area contributed by atoms with Gasteiger partial charge < -0.3 is 0 Å². The molecule has 0 saturated heterocycles. The lowest BCUT2D eigenvalue weighted by Gasteiger charge is -2.19. The van der Waals surface area contributed by atoms with Crippen LogP contribution in [-0.2, 0) is 12.5 Å². The van der Waals surface area contributed by atoms with E-state index < -0.39 is 5.41 Å². The van der Waals surface area contributed by atoms with Gasteiger partial charge in [-0.25, -0.2) is 4.98 Å². The molecule has 0 fully saturated rings. The Morgan fingerprint density at radius 2 is 2.00 bits per heavy atom. The first-order valence-corrected chi connectivity index (χ1v) is 6.63. The molecule has 21 heavy (non-hydrogen) atoms. The Morgan fingerprint density at radius 3 is 2.52 bits per heavy atom. The highest BCUT2D eigenvalue weighted by atomic mass is 16.1. The summed E-state index contributed by atoms with van der Waals surface area (Å²) in [7, 11) is 1.60. The van der Waals surface area contributed by atoms with Gasteiger partial charge in [0.05, 0.1) is 17.0 Å². The van der Waals surface area contributed by atoms with E-state index in [4.69, 9.17) is 0 Å². The number of fused-ring (bicyclic) bond motifs is 1. The van der Waals surface area contributed by atoms with E-state index in [1.807, 2.05) is 6.92 Å². The molecule has 1 heterocycles. The van der Waals surface area contributed by atoms with Gasteiger partial charge in [0.25, 0.3) is 5.56 Å². The average Bonchev–Trinajstić information content (AvgIpc) is 2.42. The van der Waals surface area contributed by atoms with Crippen LogP contribution in [0.3, 0.4) is 0 Å². The van der Waals surface area contributed by atoms with E-state index in [1.54, 1.807) is 33.0 Å². The monoisotopic (exact) mass is 283 g/mol. The number of Topliss-reactive ketones (excluding diaryl/α,β-unsaturated/α-hetero) is 1. The Balaban J connectivity index is 3.04. The van der Waals surface area contributed by atoms with Crippen molar-refractivity contribution >= 4 is 16.7 Å². The minimum atomic E-state index is -0.916. The third-order valence-corrected chi connectivity index (χ3v) is 3.54. The van der Waals surface area contributed by atoms with Crippen molar-refractivity contribution in [3.05, 3.63) is 39.4 Å². The number of rotatable bonds is 2. The Labute approximate surface area is 122 Å². The highest BCUT2D eigenvalue weighted by molar-refractivity contribution is 6.05. The Hall–Kier alpha value is -2.48. The van der Waals surface area contributed by atoms with Crippen molar-refractivity contribution in [2.24, 2.45) is 7.05 Å². The second-order valence-electron chi connectivity index (χ2n) is 5.80. The molecule has 0 saturated carbocycles. The number of aromatic nitrogens is 2. The normalized spacial score (nSPS) is 11.4. The van der Waals surface area contributed by atoms with E-state index in [9.17, 15) is 14.9 Å². The number of aryl methyl sites for hydroxylation is 1. The molecule has 0 amide bonds. The number of carbonyl (C=O) groups is 1. The van der Waals surface area contributed by atoms with Crippen molar-refractivity contribution in [3.63, 3.8) is 0 Å². The number of ketones is 1. The Bertz CT molecular complexity index is 854. The maximum absolute atomic E-state index is 12.5. The molecule has 5 nitrogen and oxygen atoms in total. The summed E-state index contributed by atoms with van der Waals surface area (Å²) in [6.07, 6.45) is 0. The summed E-state index contributed by atoms with van der Waals surface area (Å²) in [4.78, 5) is 28.8. The first kappa shape index (κ1) is 14.9. The molecule has 5 heteroatoms. The SMILES string of the molecule is CC(=O)c1cc(C)cc2c(=O)n(C)c(C(C)(C)C#N)nc12. The largest absolute Gasteiger partial charge is 0.298 e. The van der Waals surface area contributed by atoms with Crippen LogP contribution in [-0.4, -0.2) is 15.3 Å². The van der Waals surface area contributed by atoms with Gasteiger partial charge >= 0.3 is 0 Å². The van der Waals surface area contributed by atoms with E-state index in [0.29, 0.717) is 22.3 Å². The van der Waals surface area contributed by atoms with E-state index in [2.05, 4.69) is 11.1 Å². The minimum Gasteiger partial charge on any atom is -0.298 e. The van der Waals surface area contributed by atoms with Crippen molar-refractivity contribution in [3.8, 4) is 6.07 Å². The molecular weight excluding hydrogens is 266 g/mol. The Kier molecular flexibility index (Phi) is 3.42. The summed E-state index contributed by atoms with van der Waals surface area (Å²) in [5.74, 6) is 0.207. The summed E-state index contributed by atoms with van der Waals surface area (Å²) in [6, 6.07) is 5.59. The van der Waals surface area contributed by atoms with E-state index in [-0.39, 0.29) is 11.3 Å². The maximum atomic E-state index is 12.5. The summed E-state index contributed by atoms with van der Waals surface area (Å²) >= 11 is 0. The fraction of sp³-hybridized carbons (Fsp3) is 0.375. The molecule has 0 N–H and O–H groups in total. The zero-order chi connectivity index (χ0) is 15.9. The van der Waals surface area contributed by atoms with Gasteiger partial charge in [0, 0.05) is 12.6 Å². The van der Waals surface area contributed by atoms with E-state index >= 15 is 0 Å². The summed E-state index contributed by atoms with van der Waals surface area (Å²) in [6.45, 7) is 6.67. The molecule has 0 atom stereocenters. The summed E-state index contributed by atoms with van der Waals surface area (Å²) in [5, 5.41) is 9.69. The molecular formula is C16H17N3O2. The van der Waals surface area contributed by atoms with E-state index in [0.717, 1.165) is 5.56 Å². The summed E-state index contributed by atoms with van der Waals surface area (Å²) < 4.78 is 1.38. The van der Waals surface area contributed by atoms with Crippen molar-refractivity contribution in [2.45, 2.75) is 33.1 Å². The molecule has 0 bridgehead atoms. The Morgan fingerprint density at radius 1 is 1.38 bits per heavy atom. The van der Waals surface area contributed by atoms with Gasteiger partial charge in [0.15, 0.2) is 5.78 Å². The fourth-order valence-electron chi connectivity index (χ4n) is 2.40. The van der Waals surface area contributed by atoms with Crippen LogP contribution >= 0.6 is 0 Å². The predicted octanol–water partition coefficient (Wildman–Crippen LogP) is 2.25.